The number of carbonyl (C=O) groups is 1. The maximum absolute atomic E-state index is 12.1. The van der Waals surface area contributed by atoms with Crippen LogP contribution in [0.1, 0.15) is 22.6 Å². The third-order valence-corrected chi connectivity index (χ3v) is 4.30. The molecule has 120 valence electrons. The summed E-state index contributed by atoms with van der Waals surface area (Å²) in [6.07, 6.45) is -0.0283. The molecule has 0 aliphatic heterocycles. The zero-order valence-electron chi connectivity index (χ0n) is 13.2. The molecule has 0 atom stereocenters. The van der Waals surface area contributed by atoms with Crippen molar-refractivity contribution >= 4 is 22.4 Å². The van der Waals surface area contributed by atoms with Crippen LogP contribution in [0.5, 0.6) is 0 Å². The molecule has 0 aliphatic rings. The van der Waals surface area contributed by atoms with Crippen LogP contribution in [-0.2, 0) is 11.2 Å². The largest absolute Gasteiger partial charge is 0.360 e. The molecule has 0 saturated carbocycles. The Kier molecular flexibility index (Phi) is 4.40. The van der Waals surface area contributed by atoms with Crippen molar-refractivity contribution in [1.82, 2.24) is 10.1 Å². The third-order valence-electron chi connectivity index (χ3n) is 3.54. The van der Waals surface area contributed by atoms with Gasteiger partial charge in [0.15, 0.2) is 10.9 Å². The molecule has 0 radical (unpaired) electrons. The summed E-state index contributed by atoms with van der Waals surface area (Å²) >= 11 is 1.36. The van der Waals surface area contributed by atoms with Gasteiger partial charge in [-0.05, 0) is 19.4 Å². The summed E-state index contributed by atoms with van der Waals surface area (Å²) in [6, 6.07) is 9.93. The Balaban J connectivity index is 1.72. The maximum atomic E-state index is 12.1. The zero-order valence-corrected chi connectivity index (χ0v) is 14.0. The van der Waals surface area contributed by atoms with Gasteiger partial charge in [-0.1, -0.05) is 29.4 Å². The van der Waals surface area contributed by atoms with Gasteiger partial charge in [-0.2, -0.15) is 5.26 Å². The first-order chi connectivity index (χ1) is 11.6. The average Bonchev–Trinajstić information content (AvgIpc) is 3.14. The van der Waals surface area contributed by atoms with E-state index < -0.39 is 0 Å². The minimum atomic E-state index is -0.287. The highest BCUT2D eigenvalue weighted by atomic mass is 32.1. The van der Waals surface area contributed by atoms with Crippen molar-refractivity contribution in [3.05, 3.63) is 52.2 Å². The van der Waals surface area contributed by atoms with Gasteiger partial charge >= 0.3 is 0 Å². The number of nitrogens with one attached hydrogen (secondary N) is 1. The van der Waals surface area contributed by atoms with Gasteiger partial charge in [-0.15, -0.1) is 11.3 Å². The van der Waals surface area contributed by atoms with E-state index in [4.69, 9.17) is 9.78 Å². The molecule has 1 N–H and O–H groups in total. The quantitative estimate of drug-likeness (QED) is 0.786. The van der Waals surface area contributed by atoms with Gasteiger partial charge in [-0.25, -0.2) is 4.98 Å². The normalized spacial score (nSPS) is 10.4. The summed E-state index contributed by atoms with van der Waals surface area (Å²) < 4.78 is 4.95. The Labute approximate surface area is 142 Å². The fourth-order valence-corrected chi connectivity index (χ4v) is 3.04. The number of aromatic nitrogens is 2. The van der Waals surface area contributed by atoms with Gasteiger partial charge < -0.3 is 9.84 Å². The number of hydrogen-bond donors (Lipinski definition) is 1. The van der Waals surface area contributed by atoms with Crippen molar-refractivity contribution in [2.75, 3.05) is 5.32 Å². The molecule has 0 bridgehead atoms. The molecule has 0 unspecified atom stereocenters. The second-order valence-corrected chi connectivity index (χ2v) is 6.11. The number of aryl methyl sites for hydroxylation is 2. The second kappa shape index (κ2) is 6.64. The molecule has 0 aliphatic carbocycles. The molecule has 2 heterocycles. The Morgan fingerprint density at radius 3 is 2.92 bits per heavy atom. The molecule has 6 nitrogen and oxygen atoms in total. The first-order valence-electron chi connectivity index (χ1n) is 7.25. The Morgan fingerprint density at radius 1 is 1.38 bits per heavy atom. The van der Waals surface area contributed by atoms with Gasteiger partial charge in [0.05, 0.1) is 12.1 Å². The minimum absolute atomic E-state index is 0.0283. The van der Waals surface area contributed by atoms with E-state index in [0.29, 0.717) is 22.1 Å². The van der Waals surface area contributed by atoms with Gasteiger partial charge in [0.1, 0.15) is 17.3 Å². The van der Waals surface area contributed by atoms with Crippen LogP contribution in [0.4, 0.5) is 5.13 Å². The van der Waals surface area contributed by atoms with E-state index in [-0.39, 0.29) is 12.3 Å². The Morgan fingerprint density at radius 2 is 2.17 bits per heavy atom. The van der Waals surface area contributed by atoms with Crippen molar-refractivity contribution in [2.24, 2.45) is 0 Å². The lowest BCUT2D eigenvalue weighted by Crippen LogP contribution is -2.15. The number of amides is 1. The smallest absolute Gasteiger partial charge is 0.232 e. The van der Waals surface area contributed by atoms with Crippen LogP contribution >= 0.6 is 11.3 Å². The molecule has 7 heteroatoms. The Bertz CT molecular complexity index is 936. The third kappa shape index (κ3) is 3.19. The van der Waals surface area contributed by atoms with Gasteiger partial charge in [0, 0.05) is 10.9 Å². The number of carbonyl (C=O) groups excluding carboxylic acids is 1. The van der Waals surface area contributed by atoms with Crippen LogP contribution in [-0.4, -0.2) is 16.0 Å². The van der Waals surface area contributed by atoms with Crippen LogP contribution in [0, 0.1) is 25.2 Å². The molecule has 0 fully saturated rings. The van der Waals surface area contributed by atoms with Crippen LogP contribution < -0.4 is 5.32 Å². The van der Waals surface area contributed by atoms with Gasteiger partial charge in [-0.3, -0.25) is 4.79 Å². The van der Waals surface area contributed by atoms with E-state index in [1.165, 1.54) is 11.3 Å². The van der Waals surface area contributed by atoms with Gasteiger partial charge in [0.25, 0.3) is 0 Å². The highest BCUT2D eigenvalue weighted by Gasteiger charge is 2.17. The highest BCUT2D eigenvalue weighted by Crippen LogP contribution is 2.27. The number of nitrogens with zero attached hydrogens (tertiary/aromatic N) is 3. The monoisotopic (exact) mass is 338 g/mol. The predicted molar refractivity (Wildman–Crippen MR) is 90.6 cm³/mol. The predicted octanol–water partition coefficient (Wildman–Crippen LogP) is 3.47. The molecule has 0 saturated heterocycles. The molecular formula is C17H14N4O2S. The standard InChI is InChI=1S/C17H14N4O2S/c1-10-5-3-4-6-12(10)15-9-24-17(19-15)20-16(22)7-14-13(8-18)11(2)23-21-14/h3-6,9H,7H2,1-2H3,(H,19,20,22). The summed E-state index contributed by atoms with van der Waals surface area (Å²) in [5, 5.41) is 18.0. The van der Waals surface area contributed by atoms with E-state index in [9.17, 15) is 4.79 Å². The molecule has 3 rings (SSSR count). The van der Waals surface area contributed by atoms with E-state index in [0.717, 1.165) is 16.8 Å². The SMILES string of the molecule is Cc1ccccc1-c1csc(NC(=O)Cc2noc(C)c2C#N)n1. The lowest BCUT2D eigenvalue weighted by Gasteiger charge is -2.01. The van der Waals surface area contributed by atoms with Crippen molar-refractivity contribution in [1.29, 1.82) is 5.26 Å². The lowest BCUT2D eigenvalue weighted by atomic mass is 10.1. The number of thiazole rings is 1. The Hall–Kier alpha value is -2.98. The molecule has 1 amide bonds. The lowest BCUT2D eigenvalue weighted by molar-refractivity contribution is -0.115. The van der Waals surface area contributed by atoms with Crippen molar-refractivity contribution in [2.45, 2.75) is 20.3 Å². The fraction of sp³-hybridized carbons (Fsp3) is 0.176. The topological polar surface area (TPSA) is 91.8 Å². The summed E-state index contributed by atoms with van der Waals surface area (Å²) in [5.74, 6) is 0.127. The van der Waals surface area contributed by atoms with Crippen LogP contribution in [0.2, 0.25) is 0 Å². The zero-order chi connectivity index (χ0) is 17.1. The minimum Gasteiger partial charge on any atom is -0.360 e. The molecule has 1 aromatic carbocycles. The van der Waals surface area contributed by atoms with Crippen molar-refractivity contribution < 1.29 is 9.32 Å². The number of anilines is 1. The number of nitriles is 1. The number of hydrogen-bond acceptors (Lipinski definition) is 6. The summed E-state index contributed by atoms with van der Waals surface area (Å²) in [6.45, 7) is 3.66. The summed E-state index contributed by atoms with van der Waals surface area (Å²) in [5.41, 5.74) is 3.63. The molecular weight excluding hydrogens is 324 g/mol. The first-order valence-corrected chi connectivity index (χ1v) is 8.13. The highest BCUT2D eigenvalue weighted by molar-refractivity contribution is 7.14. The number of rotatable bonds is 4. The van der Waals surface area contributed by atoms with E-state index in [2.05, 4.69) is 15.5 Å². The van der Waals surface area contributed by atoms with Crippen molar-refractivity contribution in [3.8, 4) is 17.3 Å². The molecule has 24 heavy (non-hydrogen) atoms. The van der Waals surface area contributed by atoms with Crippen LogP contribution in [0.3, 0.4) is 0 Å². The second-order valence-electron chi connectivity index (χ2n) is 5.25. The first kappa shape index (κ1) is 15.9. The fourth-order valence-electron chi connectivity index (χ4n) is 2.31. The number of benzene rings is 1. The van der Waals surface area contributed by atoms with Gasteiger partial charge in [0.2, 0.25) is 5.91 Å². The summed E-state index contributed by atoms with van der Waals surface area (Å²) in [7, 11) is 0. The maximum Gasteiger partial charge on any atom is 0.232 e. The van der Waals surface area contributed by atoms with E-state index in [1.807, 2.05) is 42.6 Å². The van der Waals surface area contributed by atoms with E-state index in [1.54, 1.807) is 6.92 Å². The summed E-state index contributed by atoms with van der Waals surface area (Å²) in [4.78, 5) is 16.6. The van der Waals surface area contributed by atoms with E-state index >= 15 is 0 Å². The molecule has 3 aromatic rings. The van der Waals surface area contributed by atoms with Crippen molar-refractivity contribution in [3.63, 3.8) is 0 Å². The van der Waals surface area contributed by atoms with Crippen LogP contribution in [0.25, 0.3) is 11.3 Å². The average molecular weight is 338 g/mol. The van der Waals surface area contributed by atoms with Crippen LogP contribution in [0.15, 0.2) is 34.2 Å². The molecule has 0 spiro atoms. The molecule has 2 aromatic heterocycles.